The number of thiophene rings is 1. The Labute approximate surface area is 103 Å². The van der Waals surface area contributed by atoms with Crippen LogP contribution < -0.4 is 5.73 Å². The largest absolute Gasteiger partial charge is 0.328 e. The third kappa shape index (κ3) is 5.10. The van der Waals surface area contributed by atoms with Crippen LogP contribution in [0, 0.1) is 0 Å². The highest BCUT2D eigenvalue weighted by atomic mass is 32.1. The average Bonchev–Trinajstić information content (AvgIpc) is 2.69. The van der Waals surface area contributed by atoms with Crippen molar-refractivity contribution in [1.82, 2.24) is 4.90 Å². The van der Waals surface area contributed by atoms with E-state index in [4.69, 9.17) is 5.73 Å². The highest BCUT2D eigenvalue weighted by molar-refractivity contribution is 7.09. The molecule has 1 rings (SSSR count). The van der Waals surface area contributed by atoms with E-state index in [2.05, 4.69) is 43.3 Å². The summed E-state index contributed by atoms with van der Waals surface area (Å²) in [7, 11) is 2.21. The van der Waals surface area contributed by atoms with E-state index in [1.54, 1.807) is 0 Å². The summed E-state index contributed by atoms with van der Waals surface area (Å²) in [5.74, 6) is 0. The van der Waals surface area contributed by atoms with Crippen molar-refractivity contribution in [1.29, 1.82) is 0 Å². The van der Waals surface area contributed by atoms with Crippen LogP contribution in [0.15, 0.2) is 17.5 Å². The molecule has 0 aromatic carbocycles. The third-order valence-electron chi connectivity index (χ3n) is 3.00. The van der Waals surface area contributed by atoms with Gasteiger partial charge in [0.2, 0.25) is 0 Å². The van der Waals surface area contributed by atoms with E-state index in [0.29, 0.717) is 12.1 Å². The van der Waals surface area contributed by atoms with Gasteiger partial charge in [0.15, 0.2) is 0 Å². The second-order valence-corrected chi connectivity index (χ2v) is 5.76. The fourth-order valence-electron chi connectivity index (χ4n) is 1.76. The Balaban J connectivity index is 2.22. The van der Waals surface area contributed by atoms with Crippen LogP contribution in [0.5, 0.6) is 0 Å². The van der Waals surface area contributed by atoms with Gasteiger partial charge in [-0.1, -0.05) is 6.07 Å². The minimum absolute atomic E-state index is 0.334. The van der Waals surface area contributed by atoms with E-state index in [-0.39, 0.29) is 0 Å². The lowest BCUT2D eigenvalue weighted by molar-refractivity contribution is 0.250. The molecule has 2 N–H and O–H groups in total. The summed E-state index contributed by atoms with van der Waals surface area (Å²) in [5.41, 5.74) is 5.75. The van der Waals surface area contributed by atoms with E-state index in [1.807, 2.05) is 11.3 Å². The van der Waals surface area contributed by atoms with Gasteiger partial charge in [-0.2, -0.15) is 0 Å². The van der Waals surface area contributed by atoms with Crippen molar-refractivity contribution in [3.8, 4) is 0 Å². The molecule has 0 fully saturated rings. The van der Waals surface area contributed by atoms with Gasteiger partial charge in [-0.05, 0) is 58.1 Å². The minimum Gasteiger partial charge on any atom is -0.328 e. The maximum absolute atomic E-state index is 5.75. The first-order chi connectivity index (χ1) is 7.59. The van der Waals surface area contributed by atoms with E-state index < -0.39 is 0 Å². The van der Waals surface area contributed by atoms with Gasteiger partial charge in [0.05, 0.1) is 0 Å². The number of rotatable bonds is 7. The summed E-state index contributed by atoms with van der Waals surface area (Å²) in [4.78, 5) is 3.91. The van der Waals surface area contributed by atoms with Crippen LogP contribution in [0.2, 0.25) is 0 Å². The predicted molar refractivity (Wildman–Crippen MR) is 73.0 cm³/mol. The van der Waals surface area contributed by atoms with Crippen molar-refractivity contribution in [3.63, 3.8) is 0 Å². The van der Waals surface area contributed by atoms with Gasteiger partial charge in [0.25, 0.3) is 0 Å². The van der Waals surface area contributed by atoms with Crippen LogP contribution in [-0.2, 0) is 6.42 Å². The van der Waals surface area contributed by atoms with Crippen LogP contribution in [0.4, 0.5) is 0 Å². The Kier molecular flexibility index (Phi) is 6.03. The molecule has 92 valence electrons. The normalized spacial score (nSPS) is 15.3. The van der Waals surface area contributed by atoms with E-state index in [1.165, 1.54) is 11.3 Å². The average molecular weight is 240 g/mol. The first kappa shape index (κ1) is 13.7. The molecule has 16 heavy (non-hydrogen) atoms. The zero-order valence-electron chi connectivity index (χ0n) is 10.6. The van der Waals surface area contributed by atoms with Crippen molar-refractivity contribution < 1.29 is 0 Å². The van der Waals surface area contributed by atoms with Gasteiger partial charge >= 0.3 is 0 Å². The summed E-state index contributed by atoms with van der Waals surface area (Å²) in [5, 5.41) is 2.15. The number of likely N-dealkylation sites (N-methyl/N-ethyl adjacent to an activating group) is 1. The van der Waals surface area contributed by atoms with E-state index in [9.17, 15) is 0 Å². The standard InChI is InChI=1S/C13H24N2S/c1-11(14)6-4-8-15(3)12(2)10-13-7-5-9-16-13/h5,7,9,11-12H,4,6,8,10,14H2,1-3H3. The van der Waals surface area contributed by atoms with Crippen molar-refractivity contribution in [2.24, 2.45) is 5.73 Å². The first-order valence-corrected chi connectivity index (χ1v) is 6.95. The van der Waals surface area contributed by atoms with Crippen molar-refractivity contribution in [2.45, 2.75) is 45.2 Å². The molecule has 2 atom stereocenters. The third-order valence-corrected chi connectivity index (χ3v) is 3.90. The Morgan fingerprint density at radius 1 is 1.44 bits per heavy atom. The maximum Gasteiger partial charge on any atom is 0.0112 e. The summed E-state index contributed by atoms with van der Waals surface area (Å²) in [6.07, 6.45) is 3.48. The Bertz CT molecular complexity index is 269. The molecule has 0 bridgehead atoms. The van der Waals surface area contributed by atoms with Crippen LogP contribution in [0.1, 0.15) is 31.6 Å². The van der Waals surface area contributed by atoms with E-state index >= 15 is 0 Å². The molecule has 0 spiro atoms. The fraction of sp³-hybridized carbons (Fsp3) is 0.692. The molecule has 0 aliphatic heterocycles. The SMILES string of the molecule is CC(N)CCCN(C)C(C)Cc1cccs1. The zero-order chi connectivity index (χ0) is 12.0. The smallest absolute Gasteiger partial charge is 0.0112 e. The van der Waals surface area contributed by atoms with Gasteiger partial charge in [-0.25, -0.2) is 0 Å². The second-order valence-electron chi connectivity index (χ2n) is 4.73. The molecular weight excluding hydrogens is 216 g/mol. The number of nitrogens with two attached hydrogens (primary N) is 1. The molecule has 2 nitrogen and oxygen atoms in total. The molecular formula is C13H24N2S. The molecule has 1 aromatic heterocycles. The zero-order valence-corrected chi connectivity index (χ0v) is 11.5. The minimum atomic E-state index is 0.334. The lowest BCUT2D eigenvalue weighted by atomic mass is 10.1. The van der Waals surface area contributed by atoms with Gasteiger partial charge in [0.1, 0.15) is 0 Å². The Hall–Kier alpha value is -0.380. The van der Waals surface area contributed by atoms with Crippen LogP contribution >= 0.6 is 11.3 Å². The van der Waals surface area contributed by atoms with Crippen molar-refractivity contribution >= 4 is 11.3 Å². The van der Waals surface area contributed by atoms with Gasteiger partial charge < -0.3 is 10.6 Å². The van der Waals surface area contributed by atoms with Crippen molar-refractivity contribution in [3.05, 3.63) is 22.4 Å². The molecule has 0 radical (unpaired) electrons. The number of hydrogen-bond acceptors (Lipinski definition) is 3. The second kappa shape index (κ2) is 7.05. The van der Waals surface area contributed by atoms with E-state index in [0.717, 1.165) is 19.4 Å². The maximum atomic E-state index is 5.75. The highest BCUT2D eigenvalue weighted by Crippen LogP contribution is 2.13. The monoisotopic (exact) mass is 240 g/mol. The number of hydrogen-bond donors (Lipinski definition) is 1. The molecule has 2 unspecified atom stereocenters. The Morgan fingerprint density at radius 2 is 2.19 bits per heavy atom. The molecule has 1 aromatic rings. The topological polar surface area (TPSA) is 29.3 Å². The summed E-state index contributed by atoms with van der Waals surface area (Å²) in [6, 6.07) is 5.30. The van der Waals surface area contributed by atoms with Gasteiger partial charge in [0, 0.05) is 17.0 Å². The lowest BCUT2D eigenvalue weighted by Crippen LogP contribution is -2.32. The molecule has 0 amide bonds. The van der Waals surface area contributed by atoms with Crippen LogP contribution in [0.25, 0.3) is 0 Å². The molecule has 3 heteroatoms. The molecule has 0 saturated heterocycles. The summed E-state index contributed by atoms with van der Waals surface area (Å²) >= 11 is 1.85. The predicted octanol–water partition coefficient (Wildman–Crippen LogP) is 2.74. The fourth-order valence-corrected chi connectivity index (χ4v) is 2.59. The van der Waals surface area contributed by atoms with Crippen LogP contribution in [-0.4, -0.2) is 30.6 Å². The molecule has 0 aliphatic carbocycles. The van der Waals surface area contributed by atoms with Crippen molar-refractivity contribution in [2.75, 3.05) is 13.6 Å². The molecule has 0 saturated carbocycles. The molecule has 0 aliphatic rings. The first-order valence-electron chi connectivity index (χ1n) is 6.07. The highest BCUT2D eigenvalue weighted by Gasteiger charge is 2.10. The number of nitrogens with zero attached hydrogens (tertiary/aromatic N) is 1. The quantitative estimate of drug-likeness (QED) is 0.794. The van der Waals surface area contributed by atoms with Gasteiger partial charge in [-0.3, -0.25) is 0 Å². The Morgan fingerprint density at radius 3 is 2.75 bits per heavy atom. The van der Waals surface area contributed by atoms with Crippen LogP contribution in [0.3, 0.4) is 0 Å². The lowest BCUT2D eigenvalue weighted by Gasteiger charge is -2.24. The molecule has 1 heterocycles. The summed E-state index contributed by atoms with van der Waals surface area (Å²) in [6.45, 7) is 5.52. The van der Waals surface area contributed by atoms with Gasteiger partial charge in [-0.15, -0.1) is 11.3 Å². The summed E-state index contributed by atoms with van der Waals surface area (Å²) < 4.78 is 0.